The molecule has 0 fully saturated rings. The van der Waals surface area contributed by atoms with Gasteiger partial charge in [0.2, 0.25) is 0 Å². The Morgan fingerprint density at radius 3 is 2.67 bits per heavy atom. The van der Waals surface area contributed by atoms with Crippen LogP contribution in [-0.4, -0.2) is 26.6 Å². The molecular formula is C14H20FN5S. The second kappa shape index (κ2) is 7.53. The van der Waals surface area contributed by atoms with E-state index in [0.29, 0.717) is 6.42 Å². The van der Waals surface area contributed by atoms with Gasteiger partial charge < -0.3 is 0 Å². The van der Waals surface area contributed by atoms with Crippen LogP contribution in [-0.2, 0) is 6.42 Å². The van der Waals surface area contributed by atoms with E-state index < -0.39 is 0 Å². The highest BCUT2D eigenvalue weighted by molar-refractivity contribution is 7.99. The lowest BCUT2D eigenvalue weighted by atomic mass is 10.2. The van der Waals surface area contributed by atoms with Gasteiger partial charge in [-0.3, -0.25) is 11.3 Å². The van der Waals surface area contributed by atoms with Crippen LogP contribution in [0.25, 0.3) is 0 Å². The number of nitrogens with zero attached hydrogens (tertiary/aromatic N) is 3. The molecule has 1 aromatic heterocycles. The Balaban J connectivity index is 1.94. The van der Waals surface area contributed by atoms with E-state index in [9.17, 15) is 4.39 Å². The number of aromatic nitrogens is 3. The number of hydrogen-bond donors (Lipinski definition) is 2. The summed E-state index contributed by atoms with van der Waals surface area (Å²) in [5.41, 5.74) is 2.81. The third-order valence-corrected chi connectivity index (χ3v) is 4.24. The molecule has 2 rings (SSSR count). The molecule has 5 nitrogen and oxygen atoms in total. The summed E-state index contributed by atoms with van der Waals surface area (Å²) in [6, 6.07) is 6.80. The van der Waals surface area contributed by atoms with Crippen LogP contribution < -0.4 is 11.3 Å². The molecule has 1 aromatic carbocycles. The lowest BCUT2D eigenvalue weighted by Gasteiger charge is -2.16. The first-order chi connectivity index (χ1) is 10.1. The molecule has 114 valence electrons. The van der Waals surface area contributed by atoms with Gasteiger partial charge in [0.05, 0.1) is 0 Å². The fraction of sp³-hybridized carbons (Fsp3) is 0.429. The van der Waals surface area contributed by atoms with Crippen molar-refractivity contribution in [3.05, 3.63) is 42.2 Å². The van der Waals surface area contributed by atoms with Crippen molar-refractivity contribution in [1.82, 2.24) is 20.2 Å². The van der Waals surface area contributed by atoms with Gasteiger partial charge in [-0.05, 0) is 38.1 Å². The summed E-state index contributed by atoms with van der Waals surface area (Å²) >= 11 is 1.63. The van der Waals surface area contributed by atoms with E-state index in [2.05, 4.69) is 29.4 Å². The van der Waals surface area contributed by atoms with Crippen LogP contribution in [0.5, 0.6) is 0 Å². The second-order valence-electron chi connectivity index (χ2n) is 5.05. The van der Waals surface area contributed by atoms with Crippen LogP contribution in [0.15, 0.2) is 35.5 Å². The van der Waals surface area contributed by atoms with Crippen molar-refractivity contribution in [2.45, 2.75) is 37.2 Å². The molecule has 0 saturated carbocycles. The number of thioether (sulfide) groups is 1. The van der Waals surface area contributed by atoms with E-state index in [1.54, 1.807) is 30.2 Å². The topological polar surface area (TPSA) is 68.8 Å². The minimum atomic E-state index is -0.224. The zero-order valence-electron chi connectivity index (χ0n) is 12.2. The normalized spacial score (nSPS) is 12.8. The zero-order chi connectivity index (χ0) is 15.2. The molecule has 1 heterocycles. The average Bonchev–Trinajstić information content (AvgIpc) is 2.93. The predicted octanol–water partition coefficient (Wildman–Crippen LogP) is 2.16. The lowest BCUT2D eigenvalue weighted by Crippen LogP contribution is -2.39. The molecule has 0 amide bonds. The Morgan fingerprint density at radius 2 is 2.05 bits per heavy atom. The van der Waals surface area contributed by atoms with Crippen molar-refractivity contribution in [3.63, 3.8) is 0 Å². The predicted molar refractivity (Wildman–Crippen MR) is 82.3 cm³/mol. The number of halogens is 1. The number of nitrogens with one attached hydrogen (secondary N) is 1. The Labute approximate surface area is 128 Å². The highest BCUT2D eigenvalue weighted by atomic mass is 32.2. The zero-order valence-corrected chi connectivity index (χ0v) is 13.0. The first kappa shape index (κ1) is 15.9. The fourth-order valence-electron chi connectivity index (χ4n) is 1.97. The Morgan fingerprint density at radius 1 is 1.33 bits per heavy atom. The van der Waals surface area contributed by atoms with Gasteiger partial charge >= 0.3 is 0 Å². The molecule has 21 heavy (non-hydrogen) atoms. The standard InChI is InChI=1S/C14H20FN5S/c1-10(2)20-14(17-9-18-20)7-12(19-16)8-21-13-5-3-11(15)4-6-13/h3-6,9-10,12,19H,7-8,16H2,1-2H3. The molecule has 0 aliphatic heterocycles. The number of nitrogens with two attached hydrogens (primary N) is 1. The molecule has 7 heteroatoms. The highest BCUT2D eigenvalue weighted by Gasteiger charge is 2.14. The molecule has 1 atom stereocenters. The monoisotopic (exact) mass is 309 g/mol. The van der Waals surface area contributed by atoms with E-state index in [1.807, 2.05) is 4.68 Å². The summed E-state index contributed by atoms with van der Waals surface area (Å²) in [4.78, 5) is 5.30. The third kappa shape index (κ3) is 4.52. The maximum Gasteiger partial charge on any atom is 0.138 e. The van der Waals surface area contributed by atoms with Gasteiger partial charge in [-0.2, -0.15) is 5.10 Å². The minimum Gasteiger partial charge on any atom is -0.271 e. The van der Waals surface area contributed by atoms with Gasteiger partial charge in [-0.25, -0.2) is 14.1 Å². The summed E-state index contributed by atoms with van der Waals surface area (Å²) in [6.07, 6.45) is 2.26. The van der Waals surface area contributed by atoms with E-state index in [-0.39, 0.29) is 17.9 Å². The van der Waals surface area contributed by atoms with Crippen molar-refractivity contribution < 1.29 is 4.39 Å². The van der Waals surface area contributed by atoms with Crippen molar-refractivity contribution in [2.75, 3.05) is 5.75 Å². The van der Waals surface area contributed by atoms with Gasteiger partial charge in [0.25, 0.3) is 0 Å². The molecule has 2 aromatic rings. The van der Waals surface area contributed by atoms with E-state index in [0.717, 1.165) is 16.5 Å². The smallest absolute Gasteiger partial charge is 0.138 e. The van der Waals surface area contributed by atoms with Gasteiger partial charge in [0.15, 0.2) is 0 Å². The number of rotatable bonds is 7. The SMILES string of the molecule is CC(C)n1ncnc1CC(CSc1ccc(F)cc1)NN. The molecule has 0 aliphatic carbocycles. The number of hydrogen-bond acceptors (Lipinski definition) is 5. The Kier molecular flexibility index (Phi) is 5.72. The van der Waals surface area contributed by atoms with Crippen molar-refractivity contribution in [2.24, 2.45) is 5.84 Å². The Bertz CT molecular complexity index is 555. The fourth-order valence-corrected chi connectivity index (χ4v) is 2.90. The van der Waals surface area contributed by atoms with Gasteiger partial charge in [-0.1, -0.05) is 0 Å². The first-order valence-corrected chi connectivity index (χ1v) is 7.81. The van der Waals surface area contributed by atoms with Crippen molar-refractivity contribution >= 4 is 11.8 Å². The number of hydrazine groups is 1. The van der Waals surface area contributed by atoms with E-state index in [4.69, 9.17) is 5.84 Å². The summed E-state index contributed by atoms with van der Waals surface area (Å²) in [6.45, 7) is 4.13. The van der Waals surface area contributed by atoms with E-state index in [1.165, 1.54) is 12.1 Å². The van der Waals surface area contributed by atoms with Crippen LogP contribution in [0.2, 0.25) is 0 Å². The van der Waals surface area contributed by atoms with Crippen LogP contribution in [0.4, 0.5) is 4.39 Å². The summed E-state index contributed by atoms with van der Waals surface area (Å²) in [5.74, 6) is 7.08. The molecule has 0 aliphatic rings. The van der Waals surface area contributed by atoms with Crippen LogP contribution >= 0.6 is 11.8 Å². The Hall–Kier alpha value is -1.44. The quantitative estimate of drug-likeness (QED) is 0.466. The van der Waals surface area contributed by atoms with Crippen molar-refractivity contribution in [3.8, 4) is 0 Å². The van der Waals surface area contributed by atoms with Gasteiger partial charge in [0, 0.05) is 29.2 Å². The summed E-state index contributed by atoms with van der Waals surface area (Å²) < 4.78 is 14.8. The summed E-state index contributed by atoms with van der Waals surface area (Å²) in [5, 5.41) is 4.22. The highest BCUT2D eigenvalue weighted by Crippen LogP contribution is 2.20. The van der Waals surface area contributed by atoms with Crippen LogP contribution in [0.1, 0.15) is 25.7 Å². The van der Waals surface area contributed by atoms with Gasteiger partial charge in [0.1, 0.15) is 18.0 Å². The number of benzene rings is 1. The maximum absolute atomic E-state index is 12.9. The molecular weight excluding hydrogens is 289 g/mol. The molecule has 0 spiro atoms. The second-order valence-corrected chi connectivity index (χ2v) is 6.14. The maximum atomic E-state index is 12.9. The van der Waals surface area contributed by atoms with Gasteiger partial charge in [-0.15, -0.1) is 11.8 Å². The molecule has 3 N–H and O–H groups in total. The molecule has 0 radical (unpaired) electrons. The van der Waals surface area contributed by atoms with E-state index >= 15 is 0 Å². The lowest BCUT2D eigenvalue weighted by molar-refractivity contribution is 0.477. The molecule has 0 bridgehead atoms. The van der Waals surface area contributed by atoms with Crippen molar-refractivity contribution in [1.29, 1.82) is 0 Å². The molecule has 0 saturated heterocycles. The van der Waals surface area contributed by atoms with Crippen LogP contribution in [0.3, 0.4) is 0 Å². The molecule has 1 unspecified atom stereocenters. The third-order valence-electron chi connectivity index (χ3n) is 3.07. The largest absolute Gasteiger partial charge is 0.271 e. The summed E-state index contributed by atoms with van der Waals surface area (Å²) in [7, 11) is 0. The van der Waals surface area contributed by atoms with Crippen LogP contribution in [0, 0.1) is 5.82 Å². The minimum absolute atomic E-state index is 0.0711. The average molecular weight is 309 g/mol. The first-order valence-electron chi connectivity index (χ1n) is 6.83.